The lowest BCUT2D eigenvalue weighted by Gasteiger charge is -2.30. The lowest BCUT2D eigenvalue weighted by atomic mass is 10.3. The van der Waals surface area contributed by atoms with Crippen LogP contribution in [0.3, 0.4) is 0 Å². The molecule has 2 N–H and O–H groups in total. The summed E-state index contributed by atoms with van der Waals surface area (Å²) in [7, 11) is -2.28. The van der Waals surface area contributed by atoms with Crippen molar-refractivity contribution in [2.24, 2.45) is 0 Å². The maximum Gasteiger partial charge on any atom is 0.325 e. The molecule has 1 aliphatic heterocycles. The van der Waals surface area contributed by atoms with Gasteiger partial charge in [0.2, 0.25) is 0 Å². The second kappa shape index (κ2) is 8.26. The Balaban J connectivity index is 1.83. The molecule has 11 heteroatoms. The third-order valence-corrected chi connectivity index (χ3v) is 7.24. The Morgan fingerprint density at radius 1 is 1.38 bits per heavy atom. The fourth-order valence-corrected chi connectivity index (χ4v) is 5.39. The molecule has 0 saturated carbocycles. The van der Waals surface area contributed by atoms with Crippen molar-refractivity contribution in [2.75, 3.05) is 46.4 Å². The number of carbonyl (C=O) groups is 2. The Bertz CT molecular complexity index is 698. The topological polar surface area (TPSA) is 97.2 Å². The number of carbonyl (C=O) groups excluding carboxylic acids is 2. The molecule has 134 valence electrons. The number of rotatable bonds is 6. The number of quaternary nitrogens is 1. The number of hydrogen-bond acceptors (Lipinski definition) is 6. The maximum absolute atomic E-state index is 12.5. The highest BCUT2D eigenvalue weighted by Gasteiger charge is 2.32. The van der Waals surface area contributed by atoms with E-state index in [4.69, 9.17) is 11.6 Å². The number of thiophene rings is 1. The number of nitrogens with zero attached hydrogens (tertiary/aromatic N) is 1. The minimum absolute atomic E-state index is 0.164. The number of hydrogen-bond donors (Lipinski definition) is 2. The van der Waals surface area contributed by atoms with Gasteiger partial charge in [-0.2, -0.15) is 4.31 Å². The van der Waals surface area contributed by atoms with Gasteiger partial charge in [-0.15, -0.1) is 11.3 Å². The second-order valence-corrected chi connectivity index (χ2v) is 9.12. The van der Waals surface area contributed by atoms with Crippen LogP contribution >= 0.6 is 22.9 Å². The first-order valence-corrected chi connectivity index (χ1v) is 9.89. The molecule has 0 radical (unpaired) electrons. The number of amides is 1. The van der Waals surface area contributed by atoms with Gasteiger partial charge in [0.25, 0.3) is 15.9 Å². The molecule has 0 unspecified atom stereocenters. The van der Waals surface area contributed by atoms with Gasteiger partial charge in [-0.3, -0.25) is 9.59 Å². The van der Waals surface area contributed by atoms with Crippen molar-refractivity contribution < 1.29 is 27.6 Å². The predicted molar refractivity (Wildman–Crippen MR) is 88.7 cm³/mol. The van der Waals surface area contributed by atoms with Crippen LogP contribution < -0.4 is 10.2 Å². The summed E-state index contributed by atoms with van der Waals surface area (Å²) >= 11 is 6.83. The van der Waals surface area contributed by atoms with Gasteiger partial charge < -0.3 is 15.0 Å². The first kappa shape index (κ1) is 19.1. The fraction of sp³-hybridized carbons (Fsp3) is 0.538. The molecule has 1 aliphatic rings. The highest BCUT2D eigenvalue weighted by molar-refractivity contribution is 7.91. The van der Waals surface area contributed by atoms with Crippen LogP contribution in [-0.2, 0) is 24.3 Å². The smallest absolute Gasteiger partial charge is 0.325 e. The van der Waals surface area contributed by atoms with Gasteiger partial charge in [-0.05, 0) is 12.1 Å². The molecule has 1 saturated heterocycles. The molecule has 1 fully saturated rings. The van der Waals surface area contributed by atoms with Crippen LogP contribution in [0.1, 0.15) is 0 Å². The third kappa shape index (κ3) is 4.90. The average Bonchev–Trinajstić information content (AvgIpc) is 3.00. The summed E-state index contributed by atoms with van der Waals surface area (Å²) in [6, 6.07) is 3.06. The Kier molecular flexibility index (Phi) is 6.58. The summed E-state index contributed by atoms with van der Waals surface area (Å²) in [6.45, 7) is 1.72. The van der Waals surface area contributed by atoms with Crippen molar-refractivity contribution in [3.8, 4) is 0 Å². The molecular formula is C13H19ClN3O5S2+. The van der Waals surface area contributed by atoms with E-state index in [0.29, 0.717) is 30.5 Å². The number of sulfonamides is 1. The number of methoxy groups -OCH3 is 1. The Morgan fingerprint density at radius 3 is 2.58 bits per heavy atom. The SMILES string of the molecule is COC(=O)CNC(=O)C[NH+]1CCN(S(=O)(=O)c2ccc(Cl)s2)CC1. The highest BCUT2D eigenvalue weighted by Crippen LogP contribution is 2.27. The van der Waals surface area contributed by atoms with Crippen molar-refractivity contribution in [1.82, 2.24) is 9.62 Å². The first-order chi connectivity index (χ1) is 11.3. The van der Waals surface area contributed by atoms with E-state index in [2.05, 4.69) is 10.1 Å². The summed E-state index contributed by atoms with van der Waals surface area (Å²) in [6.07, 6.45) is 0. The molecule has 1 aromatic rings. The Hall–Kier alpha value is -1.20. The lowest BCUT2D eigenvalue weighted by Crippen LogP contribution is -3.15. The summed E-state index contributed by atoms with van der Waals surface area (Å²) < 4.78 is 31.5. The molecule has 24 heavy (non-hydrogen) atoms. The largest absolute Gasteiger partial charge is 0.468 e. The van der Waals surface area contributed by atoms with Crippen molar-refractivity contribution in [3.63, 3.8) is 0 Å². The van der Waals surface area contributed by atoms with Crippen LogP contribution in [0.25, 0.3) is 0 Å². The van der Waals surface area contributed by atoms with E-state index in [9.17, 15) is 18.0 Å². The number of halogens is 1. The van der Waals surface area contributed by atoms with Gasteiger partial charge in [0.05, 0.1) is 37.6 Å². The van der Waals surface area contributed by atoms with Crippen LogP contribution in [0.5, 0.6) is 0 Å². The van der Waals surface area contributed by atoms with Gasteiger partial charge >= 0.3 is 5.97 Å². The summed E-state index contributed by atoms with van der Waals surface area (Å²) in [4.78, 5) is 23.7. The van der Waals surface area contributed by atoms with E-state index >= 15 is 0 Å². The zero-order valence-electron chi connectivity index (χ0n) is 13.1. The molecule has 0 atom stereocenters. The van der Waals surface area contributed by atoms with E-state index < -0.39 is 16.0 Å². The summed E-state index contributed by atoms with van der Waals surface area (Å²) in [5.41, 5.74) is 0. The first-order valence-electron chi connectivity index (χ1n) is 7.25. The quantitative estimate of drug-likeness (QED) is 0.575. The molecule has 1 amide bonds. The van der Waals surface area contributed by atoms with E-state index in [1.807, 2.05) is 0 Å². The molecule has 2 rings (SSSR count). The maximum atomic E-state index is 12.5. The predicted octanol–water partition coefficient (Wildman–Crippen LogP) is -1.42. The summed E-state index contributed by atoms with van der Waals surface area (Å²) in [5, 5.41) is 2.47. The third-order valence-electron chi connectivity index (χ3n) is 3.64. The van der Waals surface area contributed by atoms with Gasteiger partial charge in [-0.25, -0.2) is 8.42 Å². The second-order valence-electron chi connectivity index (χ2n) is 5.24. The van der Waals surface area contributed by atoms with Crippen LogP contribution in [0.2, 0.25) is 4.34 Å². The number of ether oxygens (including phenoxy) is 1. The number of nitrogens with one attached hydrogen (secondary N) is 2. The molecule has 0 aromatic carbocycles. The van der Waals surface area contributed by atoms with Crippen molar-refractivity contribution >= 4 is 44.8 Å². The standard InChI is InChI=1S/C13H18ClN3O5S2/c1-22-12(19)8-15-11(18)9-16-4-6-17(7-5-16)24(20,21)13-3-2-10(14)23-13/h2-3H,4-9H2,1H3,(H,15,18)/p+1. The average molecular weight is 397 g/mol. The molecular weight excluding hydrogens is 378 g/mol. The number of piperazine rings is 1. The zero-order chi connectivity index (χ0) is 17.7. The zero-order valence-corrected chi connectivity index (χ0v) is 15.5. The van der Waals surface area contributed by atoms with Crippen LogP contribution in [-0.4, -0.2) is 71.0 Å². The minimum atomic E-state index is -3.53. The Morgan fingerprint density at radius 2 is 2.04 bits per heavy atom. The van der Waals surface area contributed by atoms with Gasteiger partial charge in [0.15, 0.2) is 6.54 Å². The highest BCUT2D eigenvalue weighted by atomic mass is 35.5. The molecule has 2 heterocycles. The lowest BCUT2D eigenvalue weighted by molar-refractivity contribution is -0.895. The summed E-state index contributed by atoms with van der Waals surface area (Å²) in [5.74, 6) is -0.777. The fourth-order valence-electron chi connectivity index (χ4n) is 2.32. The van der Waals surface area contributed by atoms with Crippen molar-refractivity contribution in [1.29, 1.82) is 0 Å². The Labute approximate surface area is 149 Å². The number of esters is 1. The van der Waals surface area contributed by atoms with Crippen molar-refractivity contribution in [3.05, 3.63) is 16.5 Å². The molecule has 0 aliphatic carbocycles. The molecule has 0 spiro atoms. The van der Waals surface area contributed by atoms with E-state index in [0.717, 1.165) is 16.2 Å². The molecule has 0 bridgehead atoms. The minimum Gasteiger partial charge on any atom is -0.468 e. The van der Waals surface area contributed by atoms with Crippen molar-refractivity contribution in [2.45, 2.75) is 4.21 Å². The van der Waals surface area contributed by atoms with Crippen LogP contribution in [0, 0.1) is 0 Å². The van der Waals surface area contributed by atoms with Crippen LogP contribution in [0.15, 0.2) is 16.3 Å². The molecule has 1 aromatic heterocycles. The monoisotopic (exact) mass is 396 g/mol. The van der Waals surface area contributed by atoms with Crippen LogP contribution in [0.4, 0.5) is 0 Å². The van der Waals surface area contributed by atoms with E-state index in [1.165, 1.54) is 17.5 Å². The normalized spacial score (nSPS) is 16.8. The van der Waals surface area contributed by atoms with Gasteiger partial charge in [0.1, 0.15) is 10.8 Å². The van der Waals surface area contributed by atoms with Gasteiger partial charge in [-0.1, -0.05) is 11.6 Å². The van der Waals surface area contributed by atoms with Gasteiger partial charge in [0, 0.05) is 0 Å². The van der Waals surface area contributed by atoms with E-state index in [1.54, 1.807) is 6.07 Å². The molecule has 8 nitrogen and oxygen atoms in total. The van der Waals surface area contributed by atoms with E-state index in [-0.39, 0.29) is 23.2 Å².